The van der Waals surface area contributed by atoms with E-state index >= 15 is 0 Å². The van der Waals surface area contributed by atoms with E-state index in [-0.39, 0.29) is 27.3 Å². The van der Waals surface area contributed by atoms with Crippen LogP contribution in [0.2, 0.25) is 5.02 Å². The standard InChI is InChI=1S/C18H15ClF2N4OS2/c1-11-5-7-12(8-6-11)25-10-22-24-18(25)27-9-15(26)23-14-4-2-3-13(19)16(14)28-17(20)21/h2-8,10,17H,9H2,1H3,(H,23,26). The smallest absolute Gasteiger partial charge is 0.289 e. The van der Waals surface area contributed by atoms with E-state index in [1.54, 1.807) is 17.0 Å². The second-order valence-electron chi connectivity index (χ2n) is 5.65. The summed E-state index contributed by atoms with van der Waals surface area (Å²) in [5, 5.41) is 11.3. The van der Waals surface area contributed by atoms with E-state index in [2.05, 4.69) is 15.5 Å². The van der Waals surface area contributed by atoms with Gasteiger partial charge in [0.1, 0.15) is 6.33 Å². The van der Waals surface area contributed by atoms with E-state index in [4.69, 9.17) is 11.6 Å². The molecule has 0 atom stereocenters. The van der Waals surface area contributed by atoms with Crippen LogP contribution >= 0.6 is 35.1 Å². The predicted molar refractivity (Wildman–Crippen MR) is 109 cm³/mol. The number of thioether (sulfide) groups is 2. The fourth-order valence-electron chi connectivity index (χ4n) is 2.34. The summed E-state index contributed by atoms with van der Waals surface area (Å²) < 4.78 is 27.3. The largest absolute Gasteiger partial charge is 0.324 e. The number of aryl methyl sites for hydroxylation is 1. The minimum absolute atomic E-state index is 0.0376. The number of amides is 1. The first kappa shape index (κ1) is 20.6. The maximum absolute atomic E-state index is 12.8. The molecule has 0 aliphatic rings. The minimum Gasteiger partial charge on any atom is -0.324 e. The van der Waals surface area contributed by atoms with E-state index in [1.165, 1.54) is 23.9 Å². The third-order valence-corrected chi connectivity index (χ3v) is 5.83. The summed E-state index contributed by atoms with van der Waals surface area (Å²) in [7, 11) is 0. The van der Waals surface area contributed by atoms with Crippen molar-refractivity contribution >= 4 is 46.7 Å². The molecule has 0 saturated heterocycles. The number of hydrogen-bond donors (Lipinski definition) is 1. The lowest BCUT2D eigenvalue weighted by Gasteiger charge is -2.12. The summed E-state index contributed by atoms with van der Waals surface area (Å²) in [5.74, 6) is -2.96. The molecule has 0 fully saturated rings. The Balaban J connectivity index is 1.67. The first-order valence-electron chi connectivity index (χ1n) is 8.07. The number of alkyl halides is 2. The number of hydrogen-bond acceptors (Lipinski definition) is 5. The van der Waals surface area contributed by atoms with Crippen LogP contribution in [0.1, 0.15) is 5.56 Å². The fourth-order valence-corrected chi connectivity index (χ4v) is 3.98. The third kappa shape index (κ3) is 5.24. The zero-order valence-electron chi connectivity index (χ0n) is 14.6. The van der Waals surface area contributed by atoms with Gasteiger partial charge < -0.3 is 5.32 Å². The lowest BCUT2D eigenvalue weighted by molar-refractivity contribution is -0.113. The van der Waals surface area contributed by atoms with Gasteiger partial charge in [0.15, 0.2) is 5.16 Å². The van der Waals surface area contributed by atoms with Crippen LogP contribution in [0.4, 0.5) is 14.5 Å². The van der Waals surface area contributed by atoms with Gasteiger partial charge in [-0.3, -0.25) is 9.36 Å². The Labute approximate surface area is 173 Å². The van der Waals surface area contributed by atoms with Crippen LogP contribution < -0.4 is 5.32 Å². The van der Waals surface area contributed by atoms with E-state index in [0.29, 0.717) is 16.9 Å². The zero-order chi connectivity index (χ0) is 20.1. The minimum atomic E-state index is -2.64. The zero-order valence-corrected chi connectivity index (χ0v) is 17.0. The summed E-state index contributed by atoms with van der Waals surface area (Å²) in [6, 6.07) is 12.4. The number of carbonyl (C=O) groups is 1. The van der Waals surface area contributed by atoms with Crippen LogP contribution in [0.3, 0.4) is 0 Å². The Bertz CT molecular complexity index is 966. The lowest BCUT2D eigenvalue weighted by atomic mass is 10.2. The average Bonchev–Trinajstić information content (AvgIpc) is 3.12. The Hall–Kier alpha value is -2.10. The summed E-state index contributed by atoms with van der Waals surface area (Å²) in [6.07, 6.45) is 1.57. The maximum atomic E-state index is 12.8. The van der Waals surface area contributed by atoms with Crippen LogP contribution in [-0.4, -0.2) is 32.2 Å². The quantitative estimate of drug-likeness (QED) is 0.507. The average molecular weight is 441 g/mol. The topological polar surface area (TPSA) is 59.8 Å². The molecule has 146 valence electrons. The normalized spacial score (nSPS) is 11.0. The molecular weight excluding hydrogens is 426 g/mol. The first-order valence-corrected chi connectivity index (χ1v) is 10.3. The van der Waals surface area contributed by atoms with Gasteiger partial charge in [-0.25, -0.2) is 0 Å². The van der Waals surface area contributed by atoms with Gasteiger partial charge in [0.25, 0.3) is 5.76 Å². The van der Waals surface area contributed by atoms with Gasteiger partial charge in [0.2, 0.25) is 5.91 Å². The number of rotatable bonds is 7. The molecule has 0 aliphatic heterocycles. The molecule has 3 rings (SSSR count). The SMILES string of the molecule is Cc1ccc(-n2cnnc2SCC(=O)Nc2cccc(Cl)c2SC(F)F)cc1. The van der Waals surface area contributed by atoms with Crippen molar-refractivity contribution in [1.82, 2.24) is 14.8 Å². The van der Waals surface area contributed by atoms with Crippen molar-refractivity contribution in [2.75, 3.05) is 11.1 Å². The van der Waals surface area contributed by atoms with Gasteiger partial charge in [-0.1, -0.05) is 58.9 Å². The monoisotopic (exact) mass is 440 g/mol. The number of nitrogens with one attached hydrogen (secondary N) is 1. The molecule has 2 aromatic carbocycles. The number of anilines is 1. The molecule has 0 aliphatic carbocycles. The van der Waals surface area contributed by atoms with Gasteiger partial charge in [0.05, 0.1) is 21.4 Å². The van der Waals surface area contributed by atoms with Crippen molar-refractivity contribution < 1.29 is 13.6 Å². The van der Waals surface area contributed by atoms with Crippen molar-refractivity contribution in [2.45, 2.75) is 22.7 Å². The molecule has 0 bridgehead atoms. The molecule has 1 heterocycles. The van der Waals surface area contributed by atoms with Crippen LogP contribution in [0.25, 0.3) is 5.69 Å². The van der Waals surface area contributed by atoms with E-state index in [9.17, 15) is 13.6 Å². The lowest BCUT2D eigenvalue weighted by Crippen LogP contribution is -2.15. The van der Waals surface area contributed by atoms with Gasteiger partial charge in [-0.15, -0.1) is 10.2 Å². The highest BCUT2D eigenvalue weighted by Gasteiger charge is 2.16. The van der Waals surface area contributed by atoms with E-state index in [0.717, 1.165) is 11.3 Å². The van der Waals surface area contributed by atoms with Crippen LogP contribution in [0.5, 0.6) is 0 Å². The Morgan fingerprint density at radius 2 is 2.00 bits per heavy atom. The number of carbonyl (C=O) groups excluding carboxylic acids is 1. The molecule has 1 N–H and O–H groups in total. The highest BCUT2D eigenvalue weighted by atomic mass is 35.5. The molecule has 0 saturated carbocycles. The number of nitrogens with zero attached hydrogens (tertiary/aromatic N) is 3. The molecule has 10 heteroatoms. The Morgan fingerprint density at radius 3 is 2.71 bits per heavy atom. The van der Waals surface area contributed by atoms with Crippen molar-refractivity contribution in [1.29, 1.82) is 0 Å². The molecule has 3 aromatic rings. The Kier molecular flexibility index (Phi) is 6.93. The second kappa shape index (κ2) is 9.40. The predicted octanol–water partition coefficient (Wildman–Crippen LogP) is 5.27. The summed E-state index contributed by atoms with van der Waals surface area (Å²) in [5.41, 5.74) is 2.26. The van der Waals surface area contributed by atoms with Gasteiger partial charge in [-0.2, -0.15) is 8.78 Å². The molecule has 1 amide bonds. The molecular formula is C18H15ClF2N4OS2. The second-order valence-corrected chi connectivity index (χ2v) is 8.00. The van der Waals surface area contributed by atoms with Crippen LogP contribution in [0, 0.1) is 6.92 Å². The number of halogens is 3. The highest BCUT2D eigenvalue weighted by molar-refractivity contribution is 8.00. The van der Waals surface area contributed by atoms with Crippen molar-refractivity contribution in [2.24, 2.45) is 0 Å². The molecule has 0 unspecified atom stereocenters. The fraction of sp³-hybridized carbons (Fsp3) is 0.167. The van der Waals surface area contributed by atoms with Gasteiger partial charge in [-0.05, 0) is 31.2 Å². The molecule has 1 aromatic heterocycles. The highest BCUT2D eigenvalue weighted by Crippen LogP contribution is 2.37. The third-order valence-electron chi connectivity index (χ3n) is 3.61. The molecule has 0 radical (unpaired) electrons. The number of benzene rings is 2. The van der Waals surface area contributed by atoms with Crippen molar-refractivity contribution in [3.05, 3.63) is 59.4 Å². The van der Waals surface area contributed by atoms with Gasteiger partial charge >= 0.3 is 0 Å². The first-order chi connectivity index (χ1) is 13.4. The maximum Gasteiger partial charge on any atom is 0.289 e. The summed E-state index contributed by atoms with van der Waals surface area (Å²) >= 11 is 7.47. The van der Waals surface area contributed by atoms with Crippen molar-refractivity contribution in [3.8, 4) is 5.69 Å². The van der Waals surface area contributed by atoms with Crippen LogP contribution in [0.15, 0.2) is 58.8 Å². The molecule has 5 nitrogen and oxygen atoms in total. The van der Waals surface area contributed by atoms with Crippen LogP contribution in [-0.2, 0) is 4.79 Å². The van der Waals surface area contributed by atoms with Gasteiger partial charge in [0, 0.05) is 5.69 Å². The molecule has 28 heavy (non-hydrogen) atoms. The summed E-state index contributed by atoms with van der Waals surface area (Å²) in [6.45, 7) is 1.99. The number of aromatic nitrogens is 3. The van der Waals surface area contributed by atoms with E-state index in [1.807, 2.05) is 31.2 Å². The Morgan fingerprint density at radius 1 is 1.25 bits per heavy atom. The van der Waals surface area contributed by atoms with Crippen molar-refractivity contribution in [3.63, 3.8) is 0 Å². The molecule has 0 spiro atoms. The summed E-state index contributed by atoms with van der Waals surface area (Å²) in [4.78, 5) is 12.5. The van der Waals surface area contributed by atoms with E-state index < -0.39 is 5.76 Å².